The first-order valence-electron chi connectivity index (χ1n) is 10.8. The molecule has 0 fully saturated rings. The average molecular weight is 577 g/mol. The van der Waals surface area contributed by atoms with Gasteiger partial charge < -0.3 is 10.1 Å². The zero-order valence-corrected chi connectivity index (χ0v) is 22.2. The third kappa shape index (κ3) is 7.82. The molecular weight excluding hydrogens is 553 g/mol. The Balaban J connectivity index is 1.63. The number of hydrogen-bond donors (Lipinski definition) is 2. The number of hydrazone groups is 1. The van der Waals surface area contributed by atoms with Crippen molar-refractivity contribution in [1.82, 2.24) is 10.7 Å². The van der Waals surface area contributed by atoms with Gasteiger partial charge in [0.1, 0.15) is 18.4 Å². The molecule has 3 rings (SSSR count). The Bertz CT molecular complexity index is 1220. The molecule has 0 spiro atoms. The Labute approximate surface area is 222 Å². The van der Waals surface area contributed by atoms with Gasteiger partial charge in [-0.15, -0.1) is 0 Å². The van der Waals surface area contributed by atoms with Gasteiger partial charge in [0.05, 0.1) is 16.3 Å². The maximum absolute atomic E-state index is 12.8. The molecule has 1 atom stereocenters. The number of halogens is 3. The van der Waals surface area contributed by atoms with E-state index < -0.39 is 17.9 Å². The first-order valence-corrected chi connectivity index (χ1v) is 12.3. The second kappa shape index (κ2) is 12.7. The number of para-hydroxylation sites is 1. The molecule has 182 valence electrons. The van der Waals surface area contributed by atoms with Crippen LogP contribution in [0, 0.1) is 5.92 Å². The molecule has 1 unspecified atom stereocenters. The number of carbonyl (C=O) groups excluding carboxylic acids is 2. The van der Waals surface area contributed by atoms with E-state index in [-0.39, 0.29) is 10.9 Å². The normalized spacial score (nSPS) is 11.9. The van der Waals surface area contributed by atoms with Crippen molar-refractivity contribution in [1.29, 1.82) is 0 Å². The zero-order valence-electron chi connectivity index (χ0n) is 19.1. The Morgan fingerprint density at radius 1 is 1.03 bits per heavy atom. The van der Waals surface area contributed by atoms with Gasteiger partial charge in [-0.2, -0.15) is 5.10 Å². The number of rotatable bonds is 9. The lowest BCUT2D eigenvalue weighted by Crippen LogP contribution is -2.48. The predicted molar refractivity (Wildman–Crippen MR) is 143 cm³/mol. The van der Waals surface area contributed by atoms with E-state index in [1.165, 1.54) is 18.3 Å². The lowest BCUT2D eigenvalue weighted by Gasteiger charge is -2.20. The van der Waals surface area contributed by atoms with Crippen LogP contribution in [0.3, 0.4) is 0 Å². The van der Waals surface area contributed by atoms with Crippen molar-refractivity contribution in [3.8, 4) is 5.75 Å². The van der Waals surface area contributed by atoms with Gasteiger partial charge in [0, 0.05) is 15.6 Å². The second-order valence-corrected chi connectivity index (χ2v) is 9.74. The van der Waals surface area contributed by atoms with Crippen molar-refractivity contribution in [3.63, 3.8) is 0 Å². The van der Waals surface area contributed by atoms with E-state index in [2.05, 4.69) is 31.8 Å². The lowest BCUT2D eigenvalue weighted by molar-refractivity contribution is -0.123. The summed E-state index contributed by atoms with van der Waals surface area (Å²) in [6.45, 7) is 4.04. The van der Waals surface area contributed by atoms with Crippen molar-refractivity contribution in [3.05, 3.63) is 97.9 Å². The van der Waals surface area contributed by atoms with E-state index in [4.69, 9.17) is 27.9 Å². The summed E-state index contributed by atoms with van der Waals surface area (Å²) < 4.78 is 6.93. The minimum absolute atomic E-state index is 0.182. The van der Waals surface area contributed by atoms with Gasteiger partial charge in [-0.1, -0.05) is 77.2 Å². The van der Waals surface area contributed by atoms with Gasteiger partial charge in [0.25, 0.3) is 11.8 Å². The van der Waals surface area contributed by atoms with Crippen molar-refractivity contribution in [2.75, 3.05) is 0 Å². The maximum Gasteiger partial charge on any atom is 0.262 e. The van der Waals surface area contributed by atoms with E-state index in [0.717, 1.165) is 10.0 Å². The SMILES string of the molecule is CC(C)C(NC(=O)c1ccc(Cl)c(Cl)c1)C(=O)N/N=C/c1ccccc1OCc1ccc(Br)cc1. The maximum atomic E-state index is 12.8. The van der Waals surface area contributed by atoms with Gasteiger partial charge in [-0.25, -0.2) is 5.43 Å². The van der Waals surface area contributed by atoms with Crippen LogP contribution in [0.15, 0.2) is 76.3 Å². The summed E-state index contributed by atoms with van der Waals surface area (Å²) in [6.07, 6.45) is 1.51. The zero-order chi connectivity index (χ0) is 25.4. The largest absolute Gasteiger partial charge is 0.488 e. The first kappa shape index (κ1) is 26.7. The van der Waals surface area contributed by atoms with E-state index >= 15 is 0 Å². The number of amides is 2. The minimum Gasteiger partial charge on any atom is -0.488 e. The number of nitrogens with one attached hydrogen (secondary N) is 2. The molecule has 0 heterocycles. The molecule has 0 radical (unpaired) electrons. The quantitative estimate of drug-likeness (QED) is 0.234. The van der Waals surface area contributed by atoms with E-state index in [9.17, 15) is 9.59 Å². The number of nitrogens with zero attached hydrogens (tertiary/aromatic N) is 1. The second-order valence-electron chi connectivity index (χ2n) is 8.01. The molecule has 3 aromatic rings. The Morgan fingerprint density at radius 3 is 2.43 bits per heavy atom. The molecule has 0 aromatic heterocycles. The van der Waals surface area contributed by atoms with Crippen molar-refractivity contribution in [2.24, 2.45) is 11.0 Å². The molecular formula is C26H24BrCl2N3O3. The Morgan fingerprint density at radius 2 is 1.74 bits per heavy atom. The fourth-order valence-electron chi connectivity index (χ4n) is 3.09. The average Bonchev–Trinajstić information content (AvgIpc) is 2.84. The van der Waals surface area contributed by atoms with Crippen molar-refractivity contribution < 1.29 is 14.3 Å². The highest BCUT2D eigenvalue weighted by atomic mass is 79.9. The molecule has 9 heteroatoms. The molecule has 2 amide bonds. The number of ether oxygens (including phenoxy) is 1. The third-order valence-corrected chi connectivity index (χ3v) is 6.29. The third-order valence-electron chi connectivity index (χ3n) is 5.02. The fourth-order valence-corrected chi connectivity index (χ4v) is 3.65. The summed E-state index contributed by atoms with van der Waals surface area (Å²) in [5.74, 6) is -0.439. The molecule has 0 aliphatic heterocycles. The van der Waals surface area contributed by atoms with Crippen LogP contribution in [0.1, 0.15) is 35.3 Å². The molecule has 0 saturated heterocycles. The van der Waals surface area contributed by atoms with E-state index in [1.54, 1.807) is 6.07 Å². The summed E-state index contributed by atoms with van der Waals surface area (Å²) in [4.78, 5) is 25.4. The van der Waals surface area contributed by atoms with E-state index in [0.29, 0.717) is 28.5 Å². The summed E-state index contributed by atoms with van der Waals surface area (Å²) in [6, 6.07) is 18.9. The monoisotopic (exact) mass is 575 g/mol. The smallest absolute Gasteiger partial charge is 0.262 e. The molecule has 0 saturated carbocycles. The van der Waals surface area contributed by atoms with Crippen LogP contribution in [-0.2, 0) is 11.4 Å². The Kier molecular flexibility index (Phi) is 9.72. The van der Waals surface area contributed by atoms with Crippen molar-refractivity contribution >= 4 is 57.2 Å². The molecule has 2 N–H and O–H groups in total. The highest BCUT2D eigenvalue weighted by Crippen LogP contribution is 2.23. The molecule has 6 nitrogen and oxygen atoms in total. The van der Waals surface area contributed by atoms with Crippen LogP contribution in [0.5, 0.6) is 5.75 Å². The van der Waals surface area contributed by atoms with Crippen LogP contribution in [0.25, 0.3) is 0 Å². The molecule has 3 aromatic carbocycles. The highest BCUT2D eigenvalue weighted by Gasteiger charge is 2.24. The first-order chi connectivity index (χ1) is 16.7. The topological polar surface area (TPSA) is 79.8 Å². The summed E-state index contributed by atoms with van der Waals surface area (Å²) >= 11 is 15.3. The van der Waals surface area contributed by atoms with Gasteiger partial charge in [0.2, 0.25) is 0 Å². The fraction of sp³-hybridized carbons (Fsp3) is 0.192. The van der Waals surface area contributed by atoms with Gasteiger partial charge in [-0.05, 0) is 53.9 Å². The number of hydrogen-bond acceptors (Lipinski definition) is 4. The van der Waals surface area contributed by atoms with Gasteiger partial charge >= 0.3 is 0 Å². The van der Waals surface area contributed by atoms with Crippen LogP contribution in [-0.4, -0.2) is 24.1 Å². The molecule has 35 heavy (non-hydrogen) atoms. The standard InChI is InChI=1S/C26H24BrCl2N3O3/c1-16(2)24(31-25(33)18-9-12-21(28)22(29)13-18)26(34)32-30-14-19-5-3-4-6-23(19)35-15-17-7-10-20(27)11-8-17/h3-14,16,24H,15H2,1-2H3,(H,31,33)(H,32,34)/b30-14+. The van der Waals surface area contributed by atoms with E-state index in [1.807, 2.05) is 62.4 Å². The number of benzene rings is 3. The summed E-state index contributed by atoms with van der Waals surface area (Å²) in [7, 11) is 0. The minimum atomic E-state index is -0.807. The van der Waals surface area contributed by atoms with Crippen LogP contribution < -0.4 is 15.5 Å². The molecule has 0 aliphatic carbocycles. The van der Waals surface area contributed by atoms with Crippen LogP contribution >= 0.6 is 39.1 Å². The van der Waals surface area contributed by atoms with Crippen LogP contribution in [0.4, 0.5) is 0 Å². The lowest BCUT2D eigenvalue weighted by atomic mass is 10.0. The molecule has 0 bridgehead atoms. The summed E-state index contributed by atoms with van der Waals surface area (Å²) in [5, 5.41) is 7.41. The van der Waals surface area contributed by atoms with Crippen LogP contribution in [0.2, 0.25) is 10.0 Å². The van der Waals surface area contributed by atoms with Gasteiger partial charge in [-0.3, -0.25) is 9.59 Å². The highest BCUT2D eigenvalue weighted by molar-refractivity contribution is 9.10. The number of carbonyl (C=O) groups is 2. The van der Waals surface area contributed by atoms with Crippen molar-refractivity contribution in [2.45, 2.75) is 26.5 Å². The summed E-state index contributed by atoms with van der Waals surface area (Å²) in [5.41, 5.74) is 4.53. The molecule has 0 aliphatic rings. The Hall–Kier alpha value is -2.87. The van der Waals surface area contributed by atoms with Gasteiger partial charge in [0.15, 0.2) is 0 Å². The predicted octanol–water partition coefficient (Wildman–Crippen LogP) is 6.24.